The molecule has 3 N–H and O–H groups in total. The van der Waals surface area contributed by atoms with Crippen LogP contribution in [0.15, 0.2) is 30.5 Å². The number of aliphatic hydroxyl groups is 1. The van der Waals surface area contributed by atoms with Gasteiger partial charge < -0.3 is 20.5 Å². The van der Waals surface area contributed by atoms with Crippen LogP contribution in [0.1, 0.15) is 80.9 Å². The normalized spacial score (nSPS) is 18.2. The topological polar surface area (TPSA) is 96.4 Å². The molecule has 1 aliphatic carbocycles. The third kappa shape index (κ3) is 7.19. The summed E-state index contributed by atoms with van der Waals surface area (Å²) in [6.45, 7) is 2.21. The standard InChI is InChI=1S/C25H36N4O3/c1-3-4-5-6-7-8-23-26-17-22(24(29-23)27-18-9-13-20(30)14-10-18)25(31)28-19-11-15-21(32-2)16-12-19/h11-12,15-18,20,30H,3-10,13-14H2,1-2H3,(H,28,31)(H,26,27,29). The molecule has 0 spiro atoms. The van der Waals surface area contributed by atoms with Gasteiger partial charge in [-0.3, -0.25) is 4.79 Å². The maximum atomic E-state index is 13.0. The Morgan fingerprint density at radius 2 is 1.81 bits per heavy atom. The van der Waals surface area contributed by atoms with Gasteiger partial charge >= 0.3 is 0 Å². The fourth-order valence-electron chi connectivity index (χ4n) is 3.99. The first-order valence-corrected chi connectivity index (χ1v) is 11.8. The Bertz CT molecular complexity index is 849. The number of aryl methyl sites for hydroxylation is 1. The monoisotopic (exact) mass is 440 g/mol. The van der Waals surface area contributed by atoms with E-state index in [1.807, 2.05) is 0 Å². The summed E-state index contributed by atoms with van der Waals surface area (Å²) in [5.74, 6) is 1.83. The molecule has 32 heavy (non-hydrogen) atoms. The largest absolute Gasteiger partial charge is 0.497 e. The molecule has 1 fully saturated rings. The van der Waals surface area contributed by atoms with Crippen molar-refractivity contribution in [3.8, 4) is 5.75 Å². The Morgan fingerprint density at radius 1 is 1.09 bits per heavy atom. The Balaban J connectivity index is 1.72. The van der Waals surface area contributed by atoms with Crippen molar-refractivity contribution in [2.24, 2.45) is 0 Å². The van der Waals surface area contributed by atoms with Crippen LogP contribution in [-0.4, -0.2) is 40.2 Å². The molecule has 0 saturated heterocycles. The summed E-state index contributed by atoms with van der Waals surface area (Å²) >= 11 is 0. The lowest BCUT2D eigenvalue weighted by molar-refractivity contribution is 0.102. The Morgan fingerprint density at radius 3 is 2.50 bits per heavy atom. The number of carbonyl (C=O) groups excluding carboxylic acids is 1. The van der Waals surface area contributed by atoms with E-state index in [2.05, 4.69) is 22.5 Å². The maximum absolute atomic E-state index is 13.0. The van der Waals surface area contributed by atoms with E-state index < -0.39 is 0 Å². The van der Waals surface area contributed by atoms with E-state index in [1.54, 1.807) is 37.6 Å². The molecule has 1 saturated carbocycles. The minimum atomic E-state index is -0.247. The van der Waals surface area contributed by atoms with Crippen molar-refractivity contribution in [3.05, 3.63) is 41.9 Å². The van der Waals surface area contributed by atoms with E-state index in [9.17, 15) is 9.90 Å². The van der Waals surface area contributed by atoms with Crippen LogP contribution in [0.4, 0.5) is 11.5 Å². The molecule has 0 bridgehead atoms. The summed E-state index contributed by atoms with van der Waals surface area (Å²) < 4.78 is 5.18. The number of nitrogens with one attached hydrogen (secondary N) is 2. The minimum Gasteiger partial charge on any atom is -0.497 e. The van der Waals surface area contributed by atoms with Gasteiger partial charge in [-0.25, -0.2) is 9.97 Å². The van der Waals surface area contributed by atoms with Crippen molar-refractivity contribution in [1.29, 1.82) is 0 Å². The molecule has 7 nitrogen and oxygen atoms in total. The number of methoxy groups -OCH3 is 1. The number of unbranched alkanes of at least 4 members (excludes halogenated alkanes) is 4. The number of rotatable bonds is 11. The van der Waals surface area contributed by atoms with Gasteiger partial charge in [0.05, 0.1) is 13.2 Å². The number of anilines is 2. The van der Waals surface area contributed by atoms with Crippen molar-refractivity contribution < 1.29 is 14.6 Å². The summed E-state index contributed by atoms with van der Waals surface area (Å²) in [7, 11) is 1.61. The minimum absolute atomic E-state index is 0.193. The van der Waals surface area contributed by atoms with Crippen LogP contribution in [-0.2, 0) is 6.42 Å². The van der Waals surface area contributed by atoms with Crippen molar-refractivity contribution in [2.75, 3.05) is 17.7 Å². The average molecular weight is 441 g/mol. The molecule has 1 aliphatic rings. The van der Waals surface area contributed by atoms with Crippen LogP contribution >= 0.6 is 0 Å². The molecule has 174 valence electrons. The Kier molecular flexibility index (Phi) is 9.28. The van der Waals surface area contributed by atoms with Crippen molar-refractivity contribution in [1.82, 2.24) is 9.97 Å². The van der Waals surface area contributed by atoms with Crippen LogP contribution < -0.4 is 15.4 Å². The zero-order valence-electron chi connectivity index (χ0n) is 19.3. The van der Waals surface area contributed by atoms with Crippen LogP contribution in [0.2, 0.25) is 0 Å². The van der Waals surface area contributed by atoms with Crippen LogP contribution in [0, 0.1) is 0 Å². The number of carbonyl (C=O) groups is 1. The quantitative estimate of drug-likeness (QED) is 0.427. The highest BCUT2D eigenvalue weighted by Crippen LogP contribution is 2.24. The first kappa shape index (κ1) is 24.0. The van der Waals surface area contributed by atoms with Gasteiger partial charge in [0.15, 0.2) is 0 Å². The summed E-state index contributed by atoms with van der Waals surface area (Å²) in [4.78, 5) is 22.2. The number of hydrogen-bond acceptors (Lipinski definition) is 6. The lowest BCUT2D eigenvalue weighted by atomic mass is 9.93. The van der Waals surface area contributed by atoms with Gasteiger partial charge in [-0.1, -0.05) is 32.6 Å². The van der Waals surface area contributed by atoms with Crippen molar-refractivity contribution in [3.63, 3.8) is 0 Å². The lowest BCUT2D eigenvalue weighted by Gasteiger charge is -2.27. The van der Waals surface area contributed by atoms with E-state index in [1.165, 1.54) is 25.7 Å². The molecule has 2 aromatic rings. The smallest absolute Gasteiger partial charge is 0.260 e. The molecular weight excluding hydrogens is 404 g/mol. The van der Waals surface area contributed by atoms with Gasteiger partial charge in [-0.15, -0.1) is 0 Å². The lowest BCUT2D eigenvalue weighted by Crippen LogP contribution is -2.30. The number of nitrogens with zero attached hydrogens (tertiary/aromatic N) is 2. The highest BCUT2D eigenvalue weighted by Gasteiger charge is 2.22. The molecule has 1 heterocycles. The SMILES string of the molecule is CCCCCCCc1ncc(C(=O)Nc2ccc(OC)cc2)c(NC2CCC(O)CC2)n1. The fraction of sp³-hybridized carbons (Fsp3) is 0.560. The molecule has 0 unspecified atom stereocenters. The third-order valence-electron chi connectivity index (χ3n) is 5.97. The van der Waals surface area contributed by atoms with Gasteiger partial charge in [-0.2, -0.15) is 0 Å². The summed E-state index contributed by atoms with van der Waals surface area (Å²) in [5, 5.41) is 16.2. The Labute approximate surface area is 191 Å². The first-order valence-electron chi connectivity index (χ1n) is 11.8. The second kappa shape index (κ2) is 12.4. The molecule has 3 rings (SSSR count). The maximum Gasteiger partial charge on any atom is 0.260 e. The summed E-state index contributed by atoms with van der Waals surface area (Å²) in [6.07, 6.45) is 11.4. The second-order valence-corrected chi connectivity index (χ2v) is 8.55. The number of amides is 1. The molecule has 1 aromatic heterocycles. The molecule has 0 radical (unpaired) electrons. The van der Waals surface area contributed by atoms with Gasteiger partial charge in [0, 0.05) is 24.3 Å². The first-order chi connectivity index (χ1) is 15.6. The molecular formula is C25H36N4O3. The molecule has 0 aliphatic heterocycles. The highest BCUT2D eigenvalue weighted by molar-refractivity contribution is 6.07. The second-order valence-electron chi connectivity index (χ2n) is 8.55. The third-order valence-corrected chi connectivity index (χ3v) is 5.97. The number of aromatic nitrogens is 2. The predicted octanol–water partition coefficient (Wildman–Crippen LogP) is 4.97. The number of aliphatic hydroxyl groups excluding tert-OH is 1. The summed E-state index contributed by atoms with van der Waals surface area (Å²) in [6, 6.07) is 7.41. The van der Waals surface area contributed by atoms with Crippen molar-refractivity contribution >= 4 is 17.4 Å². The summed E-state index contributed by atoms with van der Waals surface area (Å²) in [5.41, 5.74) is 1.12. The number of hydrogen-bond donors (Lipinski definition) is 3. The Hall–Kier alpha value is -2.67. The van der Waals surface area contributed by atoms with Crippen LogP contribution in [0.3, 0.4) is 0 Å². The van der Waals surface area contributed by atoms with E-state index in [0.29, 0.717) is 17.1 Å². The van der Waals surface area contributed by atoms with Gasteiger partial charge in [0.25, 0.3) is 5.91 Å². The zero-order valence-corrected chi connectivity index (χ0v) is 19.3. The average Bonchev–Trinajstić information content (AvgIpc) is 2.81. The highest BCUT2D eigenvalue weighted by atomic mass is 16.5. The van der Waals surface area contributed by atoms with Gasteiger partial charge in [0.2, 0.25) is 0 Å². The molecule has 7 heteroatoms. The van der Waals surface area contributed by atoms with Gasteiger partial charge in [0.1, 0.15) is 23.0 Å². The van der Waals surface area contributed by atoms with Crippen molar-refractivity contribution in [2.45, 2.75) is 83.3 Å². The molecule has 1 aromatic carbocycles. The van der Waals surface area contributed by atoms with Crippen LogP contribution in [0.5, 0.6) is 5.75 Å². The number of ether oxygens (including phenoxy) is 1. The molecule has 1 amide bonds. The predicted molar refractivity (Wildman–Crippen MR) is 127 cm³/mol. The fourth-order valence-corrected chi connectivity index (χ4v) is 3.99. The van der Waals surface area contributed by atoms with E-state index in [4.69, 9.17) is 9.72 Å². The van der Waals surface area contributed by atoms with E-state index in [0.717, 1.165) is 50.1 Å². The van der Waals surface area contributed by atoms with Crippen LogP contribution in [0.25, 0.3) is 0 Å². The van der Waals surface area contributed by atoms with E-state index >= 15 is 0 Å². The molecule has 0 atom stereocenters. The zero-order chi connectivity index (χ0) is 22.8. The van der Waals surface area contributed by atoms with E-state index in [-0.39, 0.29) is 18.1 Å². The number of benzene rings is 1. The van der Waals surface area contributed by atoms with Gasteiger partial charge in [-0.05, 0) is 56.4 Å².